The van der Waals surface area contributed by atoms with Crippen molar-refractivity contribution in [2.45, 2.75) is 58.3 Å². The molecule has 0 aromatic heterocycles. The van der Waals surface area contributed by atoms with Crippen LogP contribution in [0.5, 0.6) is 0 Å². The Morgan fingerprint density at radius 2 is 2.07 bits per heavy atom. The molecule has 0 amide bonds. The quantitative estimate of drug-likeness (QED) is 0.595. The molecule has 1 fully saturated rings. The van der Waals surface area contributed by atoms with Crippen LogP contribution in [0.4, 0.5) is 0 Å². The van der Waals surface area contributed by atoms with Crippen LogP contribution in [0.3, 0.4) is 0 Å². The van der Waals surface area contributed by atoms with E-state index >= 15 is 0 Å². The van der Waals surface area contributed by atoms with Crippen LogP contribution in [0.15, 0.2) is 11.6 Å². The van der Waals surface area contributed by atoms with Gasteiger partial charge in [0.05, 0.1) is 0 Å². The van der Waals surface area contributed by atoms with Crippen molar-refractivity contribution in [1.29, 1.82) is 0 Å². The average Bonchev–Trinajstić information content (AvgIpc) is 2.18. The van der Waals surface area contributed by atoms with Gasteiger partial charge in [0.25, 0.3) is 0 Å². The van der Waals surface area contributed by atoms with Crippen LogP contribution in [0.2, 0.25) is 0 Å². The second kappa shape index (κ2) is 4.96. The molecule has 2 rings (SSSR count). The van der Waals surface area contributed by atoms with Gasteiger partial charge in [-0.25, -0.2) is 0 Å². The van der Waals surface area contributed by atoms with Gasteiger partial charge in [-0.1, -0.05) is 30.9 Å². The third kappa shape index (κ3) is 2.70. The Morgan fingerprint density at radius 3 is 2.87 bits per heavy atom. The molecule has 15 heavy (non-hydrogen) atoms. The average molecular weight is 206 g/mol. The van der Waals surface area contributed by atoms with Gasteiger partial charge in [-0.15, -0.1) is 0 Å². The highest BCUT2D eigenvalue weighted by molar-refractivity contribution is 5.78. The predicted molar refractivity (Wildman–Crippen MR) is 62.7 cm³/mol. The van der Waals surface area contributed by atoms with Crippen LogP contribution in [0.25, 0.3) is 0 Å². The van der Waals surface area contributed by atoms with E-state index in [1.54, 1.807) is 12.5 Å². The molecule has 2 aliphatic carbocycles. The number of rotatable bonds is 1. The van der Waals surface area contributed by atoms with Gasteiger partial charge in [0.1, 0.15) is 5.78 Å². The lowest BCUT2D eigenvalue weighted by molar-refractivity contribution is -0.121. The van der Waals surface area contributed by atoms with E-state index in [1.807, 2.05) is 0 Å². The van der Waals surface area contributed by atoms with Crippen molar-refractivity contribution in [1.82, 2.24) is 0 Å². The molecule has 1 heteroatoms. The molecule has 84 valence electrons. The maximum Gasteiger partial charge on any atom is 0.133 e. The standard InChI is InChI=1S/C14H22O/c1-11(15)13-9-8-12-6-4-2-3-5-7-14(12)10-13/h8,13-14H,2-7,9-10H2,1H3. The van der Waals surface area contributed by atoms with Gasteiger partial charge in [-0.2, -0.15) is 0 Å². The maximum absolute atomic E-state index is 11.4. The van der Waals surface area contributed by atoms with Crippen molar-refractivity contribution < 1.29 is 4.79 Å². The Morgan fingerprint density at radius 1 is 1.27 bits per heavy atom. The summed E-state index contributed by atoms with van der Waals surface area (Å²) in [5.41, 5.74) is 1.67. The predicted octanol–water partition coefficient (Wildman–Crippen LogP) is 3.88. The van der Waals surface area contributed by atoms with Crippen LogP contribution < -0.4 is 0 Å². The molecule has 0 spiro atoms. The van der Waals surface area contributed by atoms with E-state index in [1.165, 1.54) is 38.5 Å². The monoisotopic (exact) mass is 206 g/mol. The van der Waals surface area contributed by atoms with Gasteiger partial charge in [0, 0.05) is 5.92 Å². The zero-order valence-corrected chi connectivity index (χ0v) is 9.80. The second-order valence-electron chi connectivity index (χ2n) is 5.21. The largest absolute Gasteiger partial charge is 0.300 e. The summed E-state index contributed by atoms with van der Waals surface area (Å²) in [5.74, 6) is 1.47. The molecule has 0 aromatic rings. The van der Waals surface area contributed by atoms with E-state index in [4.69, 9.17) is 0 Å². The van der Waals surface area contributed by atoms with Crippen LogP contribution in [0.1, 0.15) is 58.3 Å². The molecule has 2 aliphatic rings. The number of carbonyl (C=O) groups excluding carboxylic acids is 1. The van der Waals surface area contributed by atoms with Crippen molar-refractivity contribution in [2.75, 3.05) is 0 Å². The number of hydrogen-bond acceptors (Lipinski definition) is 1. The Balaban J connectivity index is 2.04. The minimum atomic E-state index is 0.332. The number of hydrogen-bond donors (Lipinski definition) is 0. The first-order valence-electron chi connectivity index (χ1n) is 6.46. The number of Topliss-reactive ketones (excluding diaryl/α,β-unsaturated/α-hetero) is 1. The number of carbonyl (C=O) groups is 1. The molecule has 0 N–H and O–H groups in total. The fraction of sp³-hybridized carbons (Fsp3) is 0.786. The summed E-state index contributed by atoms with van der Waals surface area (Å²) in [6.45, 7) is 1.76. The van der Waals surface area contributed by atoms with E-state index in [0.717, 1.165) is 18.8 Å². The summed E-state index contributed by atoms with van der Waals surface area (Å²) in [6, 6.07) is 0. The minimum Gasteiger partial charge on any atom is -0.300 e. The minimum absolute atomic E-state index is 0.332. The molecule has 0 bridgehead atoms. The zero-order valence-electron chi connectivity index (χ0n) is 9.80. The molecule has 2 atom stereocenters. The normalized spacial score (nSPS) is 32.2. The Kier molecular flexibility index (Phi) is 3.61. The molecule has 0 radical (unpaired) electrons. The van der Waals surface area contributed by atoms with Crippen LogP contribution >= 0.6 is 0 Å². The molecule has 2 unspecified atom stereocenters. The lowest BCUT2D eigenvalue weighted by Crippen LogP contribution is -2.22. The molecular weight excluding hydrogens is 184 g/mol. The van der Waals surface area contributed by atoms with E-state index in [0.29, 0.717) is 11.7 Å². The third-order valence-corrected chi connectivity index (χ3v) is 4.10. The topological polar surface area (TPSA) is 17.1 Å². The first kappa shape index (κ1) is 10.9. The fourth-order valence-corrected chi connectivity index (χ4v) is 3.07. The summed E-state index contributed by atoms with van der Waals surface area (Å²) in [4.78, 5) is 11.4. The van der Waals surface area contributed by atoms with E-state index in [-0.39, 0.29) is 0 Å². The van der Waals surface area contributed by atoms with Gasteiger partial charge in [-0.05, 0) is 44.9 Å². The van der Waals surface area contributed by atoms with Gasteiger partial charge in [0.15, 0.2) is 0 Å². The maximum atomic E-state index is 11.4. The number of fused-ring (bicyclic) bond motifs is 1. The SMILES string of the molecule is CC(=O)C1CC=C2CCCCCCC2C1. The van der Waals surface area contributed by atoms with Crippen molar-refractivity contribution in [2.24, 2.45) is 11.8 Å². The molecule has 1 saturated carbocycles. The van der Waals surface area contributed by atoms with Crippen molar-refractivity contribution >= 4 is 5.78 Å². The van der Waals surface area contributed by atoms with Crippen molar-refractivity contribution in [3.8, 4) is 0 Å². The van der Waals surface area contributed by atoms with Gasteiger partial charge >= 0.3 is 0 Å². The molecule has 1 nitrogen and oxygen atoms in total. The van der Waals surface area contributed by atoms with Crippen LogP contribution in [-0.2, 0) is 4.79 Å². The highest BCUT2D eigenvalue weighted by Gasteiger charge is 2.26. The zero-order chi connectivity index (χ0) is 10.7. The van der Waals surface area contributed by atoms with Gasteiger partial charge < -0.3 is 0 Å². The lowest BCUT2D eigenvalue weighted by atomic mass is 9.74. The molecule has 0 saturated heterocycles. The third-order valence-electron chi connectivity index (χ3n) is 4.10. The Hall–Kier alpha value is -0.590. The highest BCUT2D eigenvalue weighted by Crippen LogP contribution is 2.37. The van der Waals surface area contributed by atoms with E-state index in [2.05, 4.69) is 6.08 Å². The van der Waals surface area contributed by atoms with Crippen LogP contribution in [-0.4, -0.2) is 5.78 Å². The van der Waals surface area contributed by atoms with Gasteiger partial charge in [0.2, 0.25) is 0 Å². The summed E-state index contributed by atoms with van der Waals surface area (Å²) in [7, 11) is 0. The summed E-state index contributed by atoms with van der Waals surface area (Å²) >= 11 is 0. The summed E-state index contributed by atoms with van der Waals surface area (Å²) in [6.07, 6.45) is 12.7. The first-order chi connectivity index (χ1) is 7.27. The van der Waals surface area contributed by atoms with Crippen molar-refractivity contribution in [3.05, 3.63) is 11.6 Å². The molecule has 0 heterocycles. The second-order valence-corrected chi connectivity index (χ2v) is 5.21. The molecule has 0 aliphatic heterocycles. The highest BCUT2D eigenvalue weighted by atomic mass is 16.1. The number of allylic oxidation sites excluding steroid dienone is 2. The van der Waals surface area contributed by atoms with E-state index in [9.17, 15) is 4.79 Å². The summed E-state index contributed by atoms with van der Waals surface area (Å²) < 4.78 is 0. The Bertz CT molecular complexity index is 265. The molecule has 0 aromatic carbocycles. The first-order valence-corrected chi connectivity index (χ1v) is 6.46. The lowest BCUT2D eigenvalue weighted by Gasteiger charge is -2.30. The fourth-order valence-electron chi connectivity index (χ4n) is 3.07. The molecular formula is C14H22O. The van der Waals surface area contributed by atoms with Crippen molar-refractivity contribution in [3.63, 3.8) is 0 Å². The summed E-state index contributed by atoms with van der Waals surface area (Å²) in [5, 5.41) is 0. The van der Waals surface area contributed by atoms with Crippen LogP contribution in [0, 0.1) is 11.8 Å². The van der Waals surface area contributed by atoms with Gasteiger partial charge in [-0.3, -0.25) is 4.79 Å². The smallest absolute Gasteiger partial charge is 0.133 e. The number of ketones is 1. The van der Waals surface area contributed by atoms with E-state index < -0.39 is 0 Å². The Labute approximate surface area is 92.9 Å².